The lowest BCUT2D eigenvalue weighted by Gasteiger charge is -2.39. The second-order valence-electron chi connectivity index (χ2n) is 25.8. The lowest BCUT2D eigenvalue weighted by molar-refractivity contribution is -0.301. The largest absolute Gasteiger partial charge is 0.508 e. The molecule has 22 N–H and O–H groups in total. The Hall–Kier alpha value is -8.59. The molecule has 566 valence electrons. The number of carbonyl (C=O) groups excluding carboxylic acids is 12. The number of aliphatic hydroxyl groups is 4. The van der Waals surface area contributed by atoms with Gasteiger partial charge in [0.05, 0.1) is 19.6 Å². The van der Waals surface area contributed by atoms with Gasteiger partial charge in [-0.05, 0) is 89.0 Å². The number of nitrogens with two attached hydrogens (primary N) is 4. The molecule has 37 heteroatoms. The molecule has 3 saturated heterocycles. The van der Waals surface area contributed by atoms with Gasteiger partial charge in [-0.25, -0.2) is 4.79 Å². The number of aliphatic imine (C=N–C) groups is 1. The zero-order valence-corrected chi connectivity index (χ0v) is 59.0. The number of hydrogen-bond donors (Lipinski definition) is 18. The Morgan fingerprint density at radius 1 is 0.706 bits per heavy atom. The van der Waals surface area contributed by atoms with Crippen LogP contribution in [0.1, 0.15) is 115 Å². The third-order valence-corrected chi connectivity index (χ3v) is 18.7. The van der Waals surface area contributed by atoms with E-state index in [9.17, 15) is 78.3 Å². The minimum atomic E-state index is -1.88. The Balaban J connectivity index is 1.36. The van der Waals surface area contributed by atoms with Gasteiger partial charge >= 0.3 is 6.09 Å². The number of unbranched alkanes of at least 4 members (excludes halogenated alkanes) is 5. The van der Waals surface area contributed by atoms with Crippen LogP contribution in [0.15, 0.2) is 59.6 Å². The Labute approximate surface area is 598 Å². The molecule has 0 spiro atoms. The third kappa shape index (κ3) is 29.4. The van der Waals surface area contributed by atoms with Gasteiger partial charge in [0.15, 0.2) is 12.2 Å². The van der Waals surface area contributed by atoms with Crippen molar-refractivity contribution in [2.45, 2.75) is 202 Å². The number of likely N-dealkylation sites (tertiary alicyclic amines) is 1. The summed E-state index contributed by atoms with van der Waals surface area (Å²) in [5, 5.41) is 73.0. The molecule has 3 aliphatic heterocycles. The standard InChI is InChI=1S/C65H99N15O20S2/c1-65(2,3)100-64(97)79-44-34-101-102-35-45(78-58(93)43(31-49(67)84)77-55(90)40(23-24-48(66)83)73-56(91)41(29-36-15-9-8-10-16-36)75-57(92)42(76-59(44)94)30-37-19-21-38(82)22-20-37)61(96)80-27-14-18-46(80)60(95)74-39(17-13-26-71-63(68)69)54(89)72-32-50(85)70-25-11-6-4-5-7-12-28-98-62-53(88)52(87)51(86)47(33-81)99-62/h8-10,15-16,19-22,39-47,51-53,62,81-82,86-88H,4-7,11-14,17-18,23-35H2,1-3H3,(H2,66,83)(H2,67,84)(H,70,85)(H,72,89)(H,73,91)(H,74,95)(H,75,92)(H,76,94)(H,77,90)(H,78,93)(H,79,97)(H4,68,69,71)/t39-,40-,41-,42-,43-,44-,45-,46-,47+,51+,52-,53+,62+/m0/s1. The number of alkyl carbamates (subject to hydrolysis) is 1. The molecule has 0 radical (unpaired) electrons. The first-order valence-electron chi connectivity index (χ1n) is 33.7. The minimum Gasteiger partial charge on any atom is -0.508 e. The molecule has 2 aromatic rings. The number of nitrogens with zero attached hydrogens (tertiary/aromatic N) is 2. The van der Waals surface area contributed by atoms with Crippen molar-refractivity contribution in [2.24, 2.45) is 27.9 Å². The van der Waals surface area contributed by atoms with Crippen LogP contribution in [-0.2, 0) is 79.8 Å². The normalized spacial score (nSPS) is 24.4. The number of aromatic hydroxyl groups is 1. The number of ether oxygens (including phenoxy) is 3. The summed E-state index contributed by atoms with van der Waals surface area (Å²) in [4.78, 5) is 173. The fourth-order valence-electron chi connectivity index (χ4n) is 11.0. The SMILES string of the molecule is CC(C)(C)OC(=O)N[C@H]1CSSC[C@@H](C(=O)N2CCC[C@H]2C(=O)N[C@@H](CCCN=C(N)N)C(=O)NCC(=O)NCCCCCCCCO[C@@H]2O[C@H](CO)[C@@H](O)[C@H](O)[C@H]2O)NC(=O)[C@H](CC(N)=O)NC(=O)[C@H](CCC(N)=O)NC(=O)[C@H](Cc2ccccc2)NC(=O)[C@H](Cc2ccc(O)cc2)NC1=O. The molecule has 3 aliphatic rings. The van der Waals surface area contributed by atoms with Crippen molar-refractivity contribution in [3.05, 3.63) is 65.7 Å². The average molecular weight is 1470 g/mol. The molecule has 35 nitrogen and oxygen atoms in total. The Bertz CT molecular complexity index is 3170. The summed E-state index contributed by atoms with van der Waals surface area (Å²) in [7, 11) is 1.82. The molecule has 12 amide bonds. The molecule has 0 unspecified atom stereocenters. The predicted molar refractivity (Wildman–Crippen MR) is 372 cm³/mol. The maximum absolute atomic E-state index is 15.1. The smallest absolute Gasteiger partial charge is 0.408 e. The maximum Gasteiger partial charge on any atom is 0.408 e. The number of nitrogens with one attached hydrogen (secondary N) is 9. The van der Waals surface area contributed by atoms with Crippen molar-refractivity contribution in [3.8, 4) is 5.75 Å². The topological polar surface area (TPSA) is 562 Å². The van der Waals surface area contributed by atoms with Crippen LogP contribution in [-0.4, -0.2) is 243 Å². The molecule has 5 rings (SSSR count). The summed E-state index contributed by atoms with van der Waals surface area (Å²) < 4.78 is 16.4. The van der Waals surface area contributed by atoms with E-state index in [-0.39, 0.29) is 88.0 Å². The number of aliphatic hydroxyl groups excluding tert-OH is 4. The van der Waals surface area contributed by atoms with E-state index < -0.39 is 188 Å². The Morgan fingerprint density at radius 3 is 1.94 bits per heavy atom. The number of phenolic OH excluding ortho intramolecular Hbond substituents is 1. The number of carbonyl (C=O) groups is 12. The van der Waals surface area contributed by atoms with Crippen LogP contribution in [0.25, 0.3) is 0 Å². The number of hydrogen-bond acceptors (Lipinski definition) is 23. The molecule has 13 atom stereocenters. The minimum absolute atomic E-state index is 0.0414. The molecule has 102 heavy (non-hydrogen) atoms. The molecule has 3 heterocycles. The van der Waals surface area contributed by atoms with Gasteiger partial charge < -0.3 is 115 Å². The first kappa shape index (κ1) is 84.1. The van der Waals surface area contributed by atoms with Gasteiger partial charge in [-0.2, -0.15) is 0 Å². The van der Waals surface area contributed by atoms with E-state index in [4.69, 9.17) is 37.1 Å². The van der Waals surface area contributed by atoms with Crippen molar-refractivity contribution in [1.29, 1.82) is 0 Å². The van der Waals surface area contributed by atoms with E-state index in [1.54, 1.807) is 51.1 Å². The van der Waals surface area contributed by atoms with Crippen molar-refractivity contribution in [3.63, 3.8) is 0 Å². The number of rotatable bonds is 31. The lowest BCUT2D eigenvalue weighted by atomic mass is 9.99. The van der Waals surface area contributed by atoms with E-state index in [0.29, 0.717) is 24.0 Å². The van der Waals surface area contributed by atoms with Gasteiger partial charge in [-0.3, -0.25) is 57.7 Å². The monoisotopic (exact) mass is 1470 g/mol. The van der Waals surface area contributed by atoms with Gasteiger partial charge in [0, 0.05) is 57.0 Å². The van der Waals surface area contributed by atoms with Gasteiger partial charge in [-0.1, -0.05) is 89.7 Å². The number of primary amides is 2. The summed E-state index contributed by atoms with van der Waals surface area (Å²) in [6.07, 6.45) is -5.49. The van der Waals surface area contributed by atoms with Gasteiger partial charge in [-0.15, -0.1) is 0 Å². The fourth-order valence-corrected chi connectivity index (χ4v) is 13.3. The van der Waals surface area contributed by atoms with Crippen LogP contribution in [0.4, 0.5) is 4.79 Å². The molecule has 0 saturated carbocycles. The second-order valence-corrected chi connectivity index (χ2v) is 28.3. The highest BCUT2D eigenvalue weighted by atomic mass is 33.1. The first-order valence-corrected chi connectivity index (χ1v) is 36.2. The number of benzene rings is 2. The highest BCUT2D eigenvalue weighted by molar-refractivity contribution is 8.76. The number of amides is 12. The summed E-state index contributed by atoms with van der Waals surface area (Å²) >= 11 is 0. The molecule has 0 bridgehead atoms. The van der Waals surface area contributed by atoms with Crippen molar-refractivity contribution in [1.82, 2.24) is 52.8 Å². The maximum atomic E-state index is 15.1. The zero-order chi connectivity index (χ0) is 75.1. The Morgan fingerprint density at radius 2 is 1.30 bits per heavy atom. The second kappa shape index (κ2) is 42.7. The van der Waals surface area contributed by atoms with Crippen molar-refractivity contribution < 1.29 is 97.3 Å². The molecular weight excluding hydrogens is 1370 g/mol. The third-order valence-electron chi connectivity index (χ3n) is 16.3. The number of guanidine groups is 1. The van der Waals surface area contributed by atoms with Crippen LogP contribution in [0, 0.1) is 0 Å². The lowest BCUT2D eigenvalue weighted by Crippen LogP contribution is -2.61. The van der Waals surface area contributed by atoms with Crippen LogP contribution >= 0.6 is 21.6 Å². The van der Waals surface area contributed by atoms with E-state index in [1.807, 2.05) is 0 Å². The zero-order valence-electron chi connectivity index (χ0n) is 57.3. The molecule has 0 aromatic heterocycles. The predicted octanol–water partition coefficient (Wildman–Crippen LogP) is -4.05. The quantitative estimate of drug-likeness (QED) is 0.0148. The summed E-state index contributed by atoms with van der Waals surface area (Å²) in [6.45, 7) is 4.15. The highest BCUT2D eigenvalue weighted by Crippen LogP contribution is 2.27. The summed E-state index contributed by atoms with van der Waals surface area (Å²) in [5.41, 5.74) is 22.1. The van der Waals surface area contributed by atoms with E-state index >= 15 is 4.79 Å². The average Bonchev–Trinajstić information content (AvgIpc) is 1.27. The van der Waals surface area contributed by atoms with E-state index in [2.05, 4.69) is 52.8 Å². The van der Waals surface area contributed by atoms with Crippen LogP contribution in [0.5, 0.6) is 5.75 Å². The Kier molecular flexibility index (Phi) is 35.2. The fraction of sp³-hybridized carbons (Fsp3) is 0.615. The highest BCUT2D eigenvalue weighted by Gasteiger charge is 2.45. The molecule has 0 aliphatic carbocycles. The first-order chi connectivity index (χ1) is 48.4. The molecule has 2 aromatic carbocycles. The van der Waals surface area contributed by atoms with Crippen molar-refractivity contribution >= 4 is 98.6 Å². The van der Waals surface area contributed by atoms with Crippen LogP contribution in [0.2, 0.25) is 0 Å². The van der Waals surface area contributed by atoms with Gasteiger partial charge in [0.2, 0.25) is 65.0 Å². The van der Waals surface area contributed by atoms with Crippen molar-refractivity contribution in [2.75, 3.05) is 50.9 Å². The summed E-state index contributed by atoms with van der Waals surface area (Å²) in [6, 6.07) is 1.66. The van der Waals surface area contributed by atoms with Gasteiger partial charge in [0.25, 0.3) is 0 Å². The summed E-state index contributed by atoms with van der Waals surface area (Å²) in [5.74, 6) is -11.2. The van der Waals surface area contributed by atoms with Crippen LogP contribution < -0.4 is 70.8 Å². The van der Waals surface area contributed by atoms with E-state index in [0.717, 1.165) is 52.2 Å². The van der Waals surface area contributed by atoms with Crippen LogP contribution in [0.3, 0.4) is 0 Å². The number of phenols is 1. The molecule has 3 fully saturated rings. The molecular formula is C65H99N15O20S2. The van der Waals surface area contributed by atoms with E-state index in [1.165, 1.54) is 24.3 Å². The van der Waals surface area contributed by atoms with Gasteiger partial charge in [0.1, 0.15) is 84.1 Å².